The van der Waals surface area contributed by atoms with Gasteiger partial charge in [0.1, 0.15) is 5.69 Å². The van der Waals surface area contributed by atoms with E-state index in [0.29, 0.717) is 18.1 Å². The predicted molar refractivity (Wildman–Crippen MR) is 110 cm³/mol. The third-order valence-corrected chi connectivity index (χ3v) is 6.72. The second-order valence-electron chi connectivity index (χ2n) is 8.80. The SMILES string of the molecule is Cc1cnc(C(=O)N2CCCC(N(CCN3CCCC3)C(=O)C3CCC3)C2)cn1. The molecule has 0 N–H and O–H groups in total. The maximum atomic E-state index is 13.2. The second-order valence-corrected chi connectivity index (χ2v) is 8.80. The number of hydrogen-bond acceptors (Lipinski definition) is 5. The van der Waals surface area contributed by atoms with E-state index in [1.54, 1.807) is 12.4 Å². The number of hydrogen-bond donors (Lipinski definition) is 0. The van der Waals surface area contributed by atoms with Gasteiger partial charge < -0.3 is 14.7 Å². The summed E-state index contributed by atoms with van der Waals surface area (Å²) in [5, 5.41) is 0. The van der Waals surface area contributed by atoms with Crippen LogP contribution in [0.5, 0.6) is 0 Å². The van der Waals surface area contributed by atoms with E-state index in [-0.39, 0.29) is 17.9 Å². The third-order valence-electron chi connectivity index (χ3n) is 6.72. The van der Waals surface area contributed by atoms with Gasteiger partial charge >= 0.3 is 0 Å². The molecule has 29 heavy (non-hydrogen) atoms. The normalized spacial score (nSPS) is 23.1. The molecular weight excluding hydrogens is 366 g/mol. The Morgan fingerprint density at radius 3 is 2.48 bits per heavy atom. The van der Waals surface area contributed by atoms with Gasteiger partial charge in [0.2, 0.25) is 5.91 Å². The molecule has 3 heterocycles. The van der Waals surface area contributed by atoms with Crippen molar-refractivity contribution in [3.63, 3.8) is 0 Å². The quantitative estimate of drug-likeness (QED) is 0.733. The van der Waals surface area contributed by atoms with Gasteiger partial charge in [0.15, 0.2) is 0 Å². The first-order chi connectivity index (χ1) is 14.1. The molecule has 2 saturated heterocycles. The highest BCUT2D eigenvalue weighted by atomic mass is 16.2. The number of aromatic nitrogens is 2. The molecule has 0 aromatic carbocycles. The predicted octanol–water partition coefficient (Wildman–Crippen LogP) is 2.11. The lowest BCUT2D eigenvalue weighted by molar-refractivity contribution is -0.141. The van der Waals surface area contributed by atoms with Crippen molar-refractivity contribution in [1.29, 1.82) is 0 Å². The Morgan fingerprint density at radius 1 is 1.03 bits per heavy atom. The van der Waals surface area contributed by atoms with Gasteiger partial charge in [-0.3, -0.25) is 14.6 Å². The molecular formula is C22H33N5O2. The molecule has 3 aliphatic rings. The maximum Gasteiger partial charge on any atom is 0.274 e. The van der Waals surface area contributed by atoms with Crippen molar-refractivity contribution < 1.29 is 9.59 Å². The van der Waals surface area contributed by atoms with Crippen molar-refractivity contribution in [2.24, 2.45) is 5.92 Å². The number of likely N-dealkylation sites (tertiary alicyclic amines) is 2. The molecule has 0 spiro atoms. The number of rotatable bonds is 6. The lowest BCUT2D eigenvalue weighted by atomic mass is 9.83. The third kappa shape index (κ3) is 4.77. The number of nitrogens with zero attached hydrogens (tertiary/aromatic N) is 5. The van der Waals surface area contributed by atoms with Crippen molar-refractivity contribution in [2.75, 3.05) is 39.3 Å². The molecule has 2 aliphatic heterocycles. The van der Waals surface area contributed by atoms with Gasteiger partial charge in [0.25, 0.3) is 5.91 Å². The molecule has 1 aromatic heterocycles. The first-order valence-corrected chi connectivity index (χ1v) is 11.2. The van der Waals surface area contributed by atoms with Gasteiger partial charge in [-0.1, -0.05) is 6.42 Å². The maximum absolute atomic E-state index is 13.2. The summed E-state index contributed by atoms with van der Waals surface area (Å²) >= 11 is 0. The van der Waals surface area contributed by atoms with E-state index in [0.717, 1.165) is 70.5 Å². The van der Waals surface area contributed by atoms with Crippen LogP contribution in [0.25, 0.3) is 0 Å². The fourth-order valence-corrected chi connectivity index (χ4v) is 4.68. The molecule has 158 valence electrons. The zero-order valence-corrected chi connectivity index (χ0v) is 17.6. The minimum atomic E-state index is -0.0715. The highest BCUT2D eigenvalue weighted by molar-refractivity contribution is 5.92. The number of piperidine rings is 1. The smallest absolute Gasteiger partial charge is 0.274 e. The van der Waals surface area contributed by atoms with Gasteiger partial charge in [-0.25, -0.2) is 4.98 Å². The Bertz CT molecular complexity index is 712. The summed E-state index contributed by atoms with van der Waals surface area (Å²) in [6, 6.07) is 0.113. The Hall–Kier alpha value is -2.02. The average molecular weight is 400 g/mol. The lowest BCUT2D eigenvalue weighted by Crippen LogP contribution is -2.55. The molecule has 1 unspecified atom stereocenters. The molecule has 7 heteroatoms. The number of aryl methyl sites for hydroxylation is 1. The first-order valence-electron chi connectivity index (χ1n) is 11.2. The van der Waals surface area contributed by atoms with Crippen LogP contribution >= 0.6 is 0 Å². The topological polar surface area (TPSA) is 69.6 Å². The van der Waals surface area contributed by atoms with E-state index in [9.17, 15) is 9.59 Å². The van der Waals surface area contributed by atoms with E-state index in [1.807, 2.05) is 11.8 Å². The van der Waals surface area contributed by atoms with E-state index in [1.165, 1.54) is 12.8 Å². The Balaban J connectivity index is 1.43. The van der Waals surface area contributed by atoms with Crippen LogP contribution in [-0.4, -0.2) is 81.8 Å². The Labute approximate surface area is 173 Å². The summed E-state index contributed by atoms with van der Waals surface area (Å²) in [6.07, 6.45) is 10.8. The molecule has 3 fully saturated rings. The van der Waals surface area contributed by atoms with Crippen molar-refractivity contribution in [3.05, 3.63) is 23.8 Å². The van der Waals surface area contributed by atoms with Gasteiger partial charge in [-0.05, 0) is 58.5 Å². The van der Waals surface area contributed by atoms with Gasteiger partial charge in [0, 0.05) is 44.3 Å². The van der Waals surface area contributed by atoms with Gasteiger partial charge in [0.05, 0.1) is 11.9 Å². The lowest BCUT2D eigenvalue weighted by Gasteiger charge is -2.42. The standard InChI is InChI=1S/C22H33N5O2/c1-17-14-24-20(15-23-17)22(29)26-11-5-8-19(16-26)27(21(28)18-6-4-7-18)13-12-25-9-2-3-10-25/h14-15,18-19H,2-13,16H2,1H3. The van der Waals surface area contributed by atoms with Crippen LogP contribution in [0, 0.1) is 12.8 Å². The molecule has 7 nitrogen and oxygen atoms in total. The van der Waals surface area contributed by atoms with E-state index < -0.39 is 0 Å². The fraction of sp³-hybridized carbons (Fsp3) is 0.727. The van der Waals surface area contributed by atoms with Crippen LogP contribution in [0.4, 0.5) is 0 Å². The molecule has 0 bridgehead atoms. The zero-order chi connectivity index (χ0) is 20.2. The van der Waals surface area contributed by atoms with Crippen molar-refractivity contribution >= 4 is 11.8 Å². The van der Waals surface area contributed by atoms with Crippen LogP contribution < -0.4 is 0 Å². The number of amides is 2. The molecule has 2 amide bonds. The van der Waals surface area contributed by atoms with E-state index in [2.05, 4.69) is 19.8 Å². The summed E-state index contributed by atoms with van der Waals surface area (Å²) in [4.78, 5) is 41.0. The van der Waals surface area contributed by atoms with Crippen molar-refractivity contribution in [3.8, 4) is 0 Å². The van der Waals surface area contributed by atoms with Gasteiger partial charge in [-0.15, -0.1) is 0 Å². The summed E-state index contributed by atoms with van der Waals surface area (Å²) in [5.41, 5.74) is 1.20. The highest BCUT2D eigenvalue weighted by Crippen LogP contribution is 2.30. The van der Waals surface area contributed by atoms with Crippen molar-refractivity contribution in [2.45, 2.75) is 57.9 Å². The minimum absolute atomic E-state index is 0.0715. The van der Waals surface area contributed by atoms with E-state index >= 15 is 0 Å². The van der Waals surface area contributed by atoms with Crippen LogP contribution in [0.1, 0.15) is 61.1 Å². The highest BCUT2D eigenvalue weighted by Gasteiger charge is 2.36. The summed E-state index contributed by atoms with van der Waals surface area (Å²) in [5.74, 6) is 0.435. The van der Waals surface area contributed by atoms with Crippen LogP contribution in [0.3, 0.4) is 0 Å². The fourth-order valence-electron chi connectivity index (χ4n) is 4.68. The molecule has 4 rings (SSSR count). The molecule has 1 saturated carbocycles. The average Bonchev–Trinajstić information content (AvgIpc) is 3.21. The molecule has 0 radical (unpaired) electrons. The number of carbonyl (C=O) groups excluding carboxylic acids is 2. The second kappa shape index (κ2) is 9.20. The molecule has 1 aliphatic carbocycles. The van der Waals surface area contributed by atoms with Crippen LogP contribution in [0.15, 0.2) is 12.4 Å². The summed E-state index contributed by atoms with van der Waals surface area (Å²) < 4.78 is 0. The largest absolute Gasteiger partial charge is 0.336 e. The van der Waals surface area contributed by atoms with E-state index in [4.69, 9.17) is 0 Å². The summed E-state index contributed by atoms with van der Waals surface area (Å²) in [7, 11) is 0. The Kier molecular flexibility index (Phi) is 6.43. The molecule has 1 aromatic rings. The first kappa shape index (κ1) is 20.3. The van der Waals surface area contributed by atoms with Crippen LogP contribution in [0.2, 0.25) is 0 Å². The van der Waals surface area contributed by atoms with Crippen molar-refractivity contribution in [1.82, 2.24) is 24.7 Å². The summed E-state index contributed by atoms with van der Waals surface area (Å²) in [6.45, 7) is 7.22. The molecule has 1 atom stereocenters. The van der Waals surface area contributed by atoms with Crippen LogP contribution in [-0.2, 0) is 4.79 Å². The Morgan fingerprint density at radius 2 is 1.83 bits per heavy atom. The van der Waals surface area contributed by atoms with Gasteiger partial charge in [-0.2, -0.15) is 0 Å². The zero-order valence-electron chi connectivity index (χ0n) is 17.6. The monoisotopic (exact) mass is 399 g/mol. The minimum Gasteiger partial charge on any atom is -0.336 e. The number of carbonyl (C=O) groups is 2.